The van der Waals surface area contributed by atoms with Crippen LogP contribution in [0.25, 0.3) is 0 Å². The minimum Gasteiger partial charge on any atom is -0.497 e. The van der Waals surface area contributed by atoms with E-state index in [0.717, 1.165) is 31.7 Å². The first-order valence-electron chi connectivity index (χ1n) is 7.70. The number of aryl methyl sites for hydroxylation is 1. The first-order chi connectivity index (χ1) is 10.7. The summed E-state index contributed by atoms with van der Waals surface area (Å²) in [7, 11) is 3.65. The summed E-state index contributed by atoms with van der Waals surface area (Å²) in [6.45, 7) is 1.64. The summed E-state index contributed by atoms with van der Waals surface area (Å²) >= 11 is 0. The first kappa shape index (κ1) is 15.1. The number of ether oxygens (including phenoxy) is 1. The van der Waals surface area contributed by atoms with Crippen molar-refractivity contribution in [3.8, 4) is 5.75 Å². The Morgan fingerprint density at radius 1 is 1.36 bits per heavy atom. The SMILES string of the molecule is COc1cccc([C@@H]2C[C@H](O)CN2CCc2ccnn2C)c1. The summed E-state index contributed by atoms with van der Waals surface area (Å²) in [5.74, 6) is 0.866. The number of aromatic nitrogens is 2. The topological polar surface area (TPSA) is 50.5 Å². The molecule has 0 unspecified atom stereocenters. The molecule has 2 heterocycles. The maximum Gasteiger partial charge on any atom is 0.119 e. The van der Waals surface area contributed by atoms with E-state index < -0.39 is 0 Å². The van der Waals surface area contributed by atoms with Gasteiger partial charge in [0.1, 0.15) is 5.75 Å². The van der Waals surface area contributed by atoms with Gasteiger partial charge in [-0.05, 0) is 30.2 Å². The van der Waals surface area contributed by atoms with Crippen molar-refractivity contribution in [1.29, 1.82) is 0 Å². The van der Waals surface area contributed by atoms with E-state index in [1.165, 1.54) is 11.3 Å². The van der Waals surface area contributed by atoms with Gasteiger partial charge in [-0.15, -0.1) is 0 Å². The van der Waals surface area contributed by atoms with Crippen LogP contribution in [0, 0.1) is 0 Å². The molecule has 3 rings (SSSR count). The van der Waals surface area contributed by atoms with Crippen molar-refractivity contribution in [2.45, 2.75) is 25.0 Å². The van der Waals surface area contributed by atoms with Gasteiger partial charge in [-0.3, -0.25) is 9.58 Å². The van der Waals surface area contributed by atoms with Crippen molar-refractivity contribution in [3.63, 3.8) is 0 Å². The van der Waals surface area contributed by atoms with E-state index in [0.29, 0.717) is 0 Å². The molecule has 1 aromatic heterocycles. The zero-order valence-corrected chi connectivity index (χ0v) is 13.1. The van der Waals surface area contributed by atoms with E-state index in [2.05, 4.69) is 22.1 Å². The van der Waals surface area contributed by atoms with Crippen molar-refractivity contribution in [2.75, 3.05) is 20.2 Å². The summed E-state index contributed by atoms with van der Waals surface area (Å²) in [6.07, 6.45) is 3.28. The van der Waals surface area contributed by atoms with Gasteiger partial charge in [0.2, 0.25) is 0 Å². The normalized spacial score (nSPS) is 22.1. The molecule has 0 aliphatic carbocycles. The Bertz CT molecular complexity index is 626. The van der Waals surface area contributed by atoms with Crippen LogP contribution in [0.2, 0.25) is 0 Å². The van der Waals surface area contributed by atoms with Crippen molar-refractivity contribution in [3.05, 3.63) is 47.8 Å². The maximum absolute atomic E-state index is 10.1. The molecule has 2 aromatic rings. The van der Waals surface area contributed by atoms with E-state index in [1.54, 1.807) is 7.11 Å². The van der Waals surface area contributed by atoms with Crippen molar-refractivity contribution >= 4 is 0 Å². The van der Waals surface area contributed by atoms with Gasteiger partial charge in [0.05, 0.1) is 13.2 Å². The second-order valence-electron chi connectivity index (χ2n) is 5.87. The Morgan fingerprint density at radius 2 is 2.23 bits per heavy atom. The molecule has 0 spiro atoms. The van der Waals surface area contributed by atoms with Gasteiger partial charge in [0.15, 0.2) is 0 Å². The lowest BCUT2D eigenvalue weighted by atomic mass is 10.0. The van der Waals surface area contributed by atoms with Gasteiger partial charge in [0, 0.05) is 44.5 Å². The van der Waals surface area contributed by atoms with E-state index in [9.17, 15) is 5.11 Å². The number of β-amino-alcohol motifs (C(OH)–C–C–N with tert-alkyl or cyclic N) is 1. The average molecular weight is 301 g/mol. The number of aliphatic hydroxyl groups excluding tert-OH is 1. The van der Waals surface area contributed by atoms with Crippen LogP contribution in [0.5, 0.6) is 5.75 Å². The fourth-order valence-electron chi connectivity index (χ4n) is 3.23. The molecule has 2 atom stereocenters. The number of aliphatic hydroxyl groups is 1. The van der Waals surface area contributed by atoms with Gasteiger partial charge in [-0.1, -0.05) is 12.1 Å². The number of nitrogens with zero attached hydrogens (tertiary/aromatic N) is 3. The number of rotatable bonds is 5. The summed E-state index contributed by atoms with van der Waals surface area (Å²) in [5, 5.41) is 14.3. The van der Waals surface area contributed by atoms with Crippen molar-refractivity contribution < 1.29 is 9.84 Å². The smallest absolute Gasteiger partial charge is 0.119 e. The Labute approximate surface area is 131 Å². The molecule has 1 saturated heterocycles. The van der Waals surface area contributed by atoms with Gasteiger partial charge in [0.25, 0.3) is 0 Å². The summed E-state index contributed by atoms with van der Waals surface area (Å²) in [6, 6.07) is 10.4. The second kappa shape index (κ2) is 6.50. The zero-order chi connectivity index (χ0) is 15.5. The molecule has 22 heavy (non-hydrogen) atoms. The molecule has 1 aliphatic rings. The highest BCUT2D eigenvalue weighted by Crippen LogP contribution is 2.33. The number of hydrogen-bond acceptors (Lipinski definition) is 4. The fraction of sp³-hybridized carbons (Fsp3) is 0.471. The quantitative estimate of drug-likeness (QED) is 0.914. The summed E-state index contributed by atoms with van der Waals surface area (Å²) < 4.78 is 7.23. The molecule has 118 valence electrons. The van der Waals surface area contributed by atoms with Gasteiger partial charge in [-0.25, -0.2) is 0 Å². The molecule has 1 N–H and O–H groups in total. The third-order valence-electron chi connectivity index (χ3n) is 4.44. The van der Waals surface area contributed by atoms with Crippen LogP contribution in [0.3, 0.4) is 0 Å². The lowest BCUT2D eigenvalue weighted by Crippen LogP contribution is -2.27. The average Bonchev–Trinajstić information content (AvgIpc) is 3.11. The van der Waals surface area contributed by atoms with E-state index in [-0.39, 0.29) is 12.1 Å². The Hall–Kier alpha value is -1.85. The number of methoxy groups -OCH3 is 1. The van der Waals surface area contributed by atoms with Crippen molar-refractivity contribution in [2.24, 2.45) is 7.05 Å². The van der Waals surface area contributed by atoms with E-state index >= 15 is 0 Å². The molecule has 0 saturated carbocycles. The van der Waals surface area contributed by atoms with Crippen LogP contribution in [0.1, 0.15) is 23.7 Å². The highest BCUT2D eigenvalue weighted by molar-refractivity contribution is 5.31. The molecule has 1 aliphatic heterocycles. The highest BCUT2D eigenvalue weighted by Gasteiger charge is 2.31. The first-order valence-corrected chi connectivity index (χ1v) is 7.70. The predicted octanol–water partition coefficient (Wildman–Crippen LogP) is 1.78. The molecular formula is C17H23N3O2. The molecule has 0 amide bonds. The standard InChI is InChI=1S/C17H23N3O2/c1-19-14(6-8-18-19)7-9-20-12-15(21)11-17(20)13-4-3-5-16(10-13)22-2/h3-6,8,10,15,17,21H,7,9,11-12H2,1-2H3/t15-,17-/m0/s1. The zero-order valence-electron chi connectivity index (χ0n) is 13.1. The maximum atomic E-state index is 10.1. The number of hydrogen-bond donors (Lipinski definition) is 1. The number of likely N-dealkylation sites (tertiary alicyclic amines) is 1. The molecule has 5 heteroatoms. The van der Waals surface area contributed by atoms with Crippen LogP contribution >= 0.6 is 0 Å². The molecule has 5 nitrogen and oxygen atoms in total. The molecule has 0 radical (unpaired) electrons. The number of benzene rings is 1. The third-order valence-corrected chi connectivity index (χ3v) is 4.44. The Morgan fingerprint density at radius 3 is 2.95 bits per heavy atom. The summed E-state index contributed by atoms with van der Waals surface area (Å²) in [5.41, 5.74) is 2.42. The Kier molecular flexibility index (Phi) is 4.45. The van der Waals surface area contributed by atoms with E-state index in [1.807, 2.05) is 36.1 Å². The lowest BCUT2D eigenvalue weighted by Gasteiger charge is -2.24. The highest BCUT2D eigenvalue weighted by atomic mass is 16.5. The summed E-state index contributed by atoms with van der Waals surface area (Å²) in [4.78, 5) is 2.35. The second-order valence-corrected chi connectivity index (χ2v) is 5.87. The van der Waals surface area contributed by atoms with Crippen LogP contribution < -0.4 is 4.74 Å². The Balaban J connectivity index is 1.72. The van der Waals surface area contributed by atoms with Crippen LogP contribution in [-0.2, 0) is 13.5 Å². The molecule has 0 bridgehead atoms. The van der Waals surface area contributed by atoms with Crippen LogP contribution in [-0.4, -0.2) is 46.1 Å². The van der Waals surface area contributed by atoms with Crippen LogP contribution in [0.15, 0.2) is 36.5 Å². The van der Waals surface area contributed by atoms with Crippen molar-refractivity contribution in [1.82, 2.24) is 14.7 Å². The largest absolute Gasteiger partial charge is 0.497 e. The monoisotopic (exact) mass is 301 g/mol. The molecule has 1 aromatic carbocycles. The van der Waals surface area contributed by atoms with Gasteiger partial charge >= 0.3 is 0 Å². The predicted molar refractivity (Wildman–Crippen MR) is 84.8 cm³/mol. The fourth-order valence-corrected chi connectivity index (χ4v) is 3.23. The third kappa shape index (κ3) is 3.15. The lowest BCUT2D eigenvalue weighted by molar-refractivity contribution is 0.175. The van der Waals surface area contributed by atoms with Gasteiger partial charge in [-0.2, -0.15) is 5.10 Å². The minimum atomic E-state index is -0.261. The van der Waals surface area contributed by atoms with Crippen LogP contribution in [0.4, 0.5) is 0 Å². The van der Waals surface area contributed by atoms with E-state index in [4.69, 9.17) is 4.74 Å². The molecular weight excluding hydrogens is 278 g/mol. The molecule has 1 fully saturated rings. The van der Waals surface area contributed by atoms with Gasteiger partial charge < -0.3 is 9.84 Å². The minimum absolute atomic E-state index is 0.248.